The van der Waals surface area contributed by atoms with E-state index in [1.807, 2.05) is 37.3 Å². The first kappa shape index (κ1) is 11.4. The zero-order valence-corrected chi connectivity index (χ0v) is 9.97. The van der Waals surface area contributed by atoms with E-state index < -0.39 is 0 Å². The summed E-state index contributed by atoms with van der Waals surface area (Å²) in [4.78, 5) is 0. The zero-order chi connectivity index (χ0) is 12.1. The normalized spacial score (nSPS) is 10.0. The Morgan fingerprint density at radius 1 is 1.24 bits per heavy atom. The lowest BCUT2D eigenvalue weighted by Gasteiger charge is -2.06. The van der Waals surface area contributed by atoms with Crippen molar-refractivity contribution in [3.05, 3.63) is 47.7 Å². The first-order chi connectivity index (χ1) is 8.28. The molecule has 2 rings (SSSR count). The van der Waals surface area contributed by atoms with Crippen LogP contribution in [-0.4, -0.2) is 17.3 Å². The maximum Gasteiger partial charge on any atom is 0.149 e. The molecule has 0 atom stereocenters. The molecule has 0 amide bonds. The second-order valence-electron chi connectivity index (χ2n) is 3.82. The molecule has 4 heteroatoms. The van der Waals surface area contributed by atoms with Gasteiger partial charge in [0.05, 0.1) is 13.3 Å². The van der Waals surface area contributed by atoms with E-state index in [1.165, 1.54) is 5.56 Å². The summed E-state index contributed by atoms with van der Waals surface area (Å²) in [6.07, 6.45) is 1.73. The van der Waals surface area contributed by atoms with Gasteiger partial charge in [0.25, 0.3) is 0 Å². The van der Waals surface area contributed by atoms with Gasteiger partial charge in [-0.2, -0.15) is 5.10 Å². The van der Waals surface area contributed by atoms with Gasteiger partial charge in [-0.1, -0.05) is 12.1 Å². The third kappa shape index (κ3) is 3.17. The maximum atomic E-state index is 5.10. The number of aryl methyl sites for hydroxylation is 1. The molecule has 1 heterocycles. The summed E-state index contributed by atoms with van der Waals surface area (Å²) in [5.41, 5.74) is 2.27. The van der Waals surface area contributed by atoms with E-state index in [0.29, 0.717) is 0 Å². The summed E-state index contributed by atoms with van der Waals surface area (Å²) < 4.78 is 5.10. The van der Waals surface area contributed by atoms with Gasteiger partial charge in [0, 0.05) is 6.54 Å². The van der Waals surface area contributed by atoms with Gasteiger partial charge >= 0.3 is 0 Å². The molecule has 0 spiro atoms. The van der Waals surface area contributed by atoms with Crippen LogP contribution in [0.25, 0.3) is 0 Å². The van der Waals surface area contributed by atoms with Crippen LogP contribution in [0.1, 0.15) is 11.1 Å². The molecule has 0 aliphatic heterocycles. The Bertz CT molecular complexity index is 482. The van der Waals surface area contributed by atoms with Crippen LogP contribution < -0.4 is 10.1 Å². The smallest absolute Gasteiger partial charge is 0.149 e. The molecule has 17 heavy (non-hydrogen) atoms. The van der Waals surface area contributed by atoms with Crippen LogP contribution in [0.15, 0.2) is 36.5 Å². The number of methoxy groups -OCH3 is 1. The van der Waals surface area contributed by atoms with Gasteiger partial charge in [-0.25, -0.2) is 0 Å². The van der Waals surface area contributed by atoms with Gasteiger partial charge in [0.2, 0.25) is 0 Å². The van der Waals surface area contributed by atoms with Crippen LogP contribution in [0.3, 0.4) is 0 Å². The van der Waals surface area contributed by atoms with E-state index >= 15 is 0 Å². The van der Waals surface area contributed by atoms with Gasteiger partial charge in [0.1, 0.15) is 11.6 Å². The van der Waals surface area contributed by atoms with E-state index in [1.54, 1.807) is 13.3 Å². The molecular weight excluding hydrogens is 214 g/mol. The number of ether oxygens (including phenoxy) is 1. The lowest BCUT2D eigenvalue weighted by Crippen LogP contribution is -2.02. The lowest BCUT2D eigenvalue weighted by atomic mass is 10.2. The van der Waals surface area contributed by atoms with Crippen LogP contribution in [0, 0.1) is 6.92 Å². The van der Waals surface area contributed by atoms with E-state index in [-0.39, 0.29) is 0 Å². The number of hydrogen-bond acceptors (Lipinski definition) is 4. The molecule has 88 valence electrons. The third-order valence-corrected chi connectivity index (χ3v) is 2.42. The SMILES string of the molecule is COc1ccc(CNc2cc(C)cnn2)cc1. The first-order valence-corrected chi connectivity index (χ1v) is 5.44. The second kappa shape index (κ2) is 5.30. The predicted octanol–water partition coefficient (Wildman–Crippen LogP) is 2.41. The van der Waals surface area contributed by atoms with Gasteiger partial charge in [-0.05, 0) is 36.2 Å². The second-order valence-corrected chi connectivity index (χ2v) is 3.82. The molecular formula is C13H15N3O. The monoisotopic (exact) mass is 229 g/mol. The van der Waals surface area contributed by atoms with Crippen molar-refractivity contribution < 1.29 is 4.74 Å². The highest BCUT2D eigenvalue weighted by Crippen LogP contribution is 2.12. The predicted molar refractivity (Wildman–Crippen MR) is 67.1 cm³/mol. The van der Waals surface area contributed by atoms with Crippen LogP contribution in [0.4, 0.5) is 5.82 Å². The summed E-state index contributed by atoms with van der Waals surface area (Å²) in [7, 11) is 1.66. The number of hydrogen-bond donors (Lipinski definition) is 1. The van der Waals surface area contributed by atoms with E-state index in [4.69, 9.17) is 4.74 Å². The fraction of sp³-hybridized carbons (Fsp3) is 0.231. The fourth-order valence-electron chi connectivity index (χ4n) is 1.49. The quantitative estimate of drug-likeness (QED) is 0.874. The van der Waals surface area contributed by atoms with Crippen LogP contribution in [-0.2, 0) is 6.54 Å². The van der Waals surface area contributed by atoms with Crippen molar-refractivity contribution in [3.8, 4) is 5.75 Å². The van der Waals surface area contributed by atoms with Crippen molar-refractivity contribution in [2.24, 2.45) is 0 Å². The summed E-state index contributed by atoms with van der Waals surface area (Å²) in [6.45, 7) is 2.72. The fourth-order valence-corrected chi connectivity index (χ4v) is 1.49. The number of nitrogens with one attached hydrogen (secondary N) is 1. The van der Waals surface area contributed by atoms with Gasteiger partial charge in [-0.15, -0.1) is 5.10 Å². The molecule has 1 N–H and O–H groups in total. The molecule has 0 saturated carbocycles. The molecule has 0 bridgehead atoms. The maximum absolute atomic E-state index is 5.10. The minimum atomic E-state index is 0.724. The largest absolute Gasteiger partial charge is 0.497 e. The Morgan fingerprint density at radius 3 is 2.65 bits per heavy atom. The van der Waals surface area contributed by atoms with Gasteiger partial charge < -0.3 is 10.1 Å². The van der Waals surface area contributed by atoms with Gasteiger partial charge in [-0.3, -0.25) is 0 Å². The number of aromatic nitrogens is 2. The molecule has 1 aromatic carbocycles. The highest BCUT2D eigenvalue weighted by Gasteiger charge is 1.97. The summed E-state index contributed by atoms with van der Waals surface area (Å²) in [5.74, 6) is 1.66. The number of nitrogens with zero attached hydrogens (tertiary/aromatic N) is 2. The highest BCUT2D eigenvalue weighted by atomic mass is 16.5. The molecule has 0 fully saturated rings. The topological polar surface area (TPSA) is 47.0 Å². The zero-order valence-electron chi connectivity index (χ0n) is 9.97. The first-order valence-electron chi connectivity index (χ1n) is 5.44. The number of anilines is 1. The van der Waals surface area contributed by atoms with Crippen LogP contribution in [0.2, 0.25) is 0 Å². The summed E-state index contributed by atoms with van der Waals surface area (Å²) in [5, 5.41) is 11.1. The average molecular weight is 229 g/mol. The third-order valence-electron chi connectivity index (χ3n) is 2.42. The van der Waals surface area contributed by atoms with E-state index in [9.17, 15) is 0 Å². The lowest BCUT2D eigenvalue weighted by molar-refractivity contribution is 0.414. The van der Waals surface area contributed by atoms with E-state index in [2.05, 4.69) is 15.5 Å². The molecule has 0 unspecified atom stereocenters. The molecule has 0 aliphatic rings. The summed E-state index contributed by atoms with van der Waals surface area (Å²) >= 11 is 0. The minimum Gasteiger partial charge on any atom is -0.497 e. The standard InChI is InChI=1S/C13H15N3O/c1-10-7-13(16-15-8-10)14-9-11-3-5-12(17-2)6-4-11/h3-8H,9H2,1-2H3,(H,14,16). The van der Waals surface area contributed by atoms with Crippen molar-refractivity contribution >= 4 is 5.82 Å². The van der Waals surface area contributed by atoms with Crippen molar-refractivity contribution in [1.29, 1.82) is 0 Å². The average Bonchev–Trinajstić information content (AvgIpc) is 2.37. The van der Waals surface area contributed by atoms with Crippen LogP contribution >= 0.6 is 0 Å². The Kier molecular flexibility index (Phi) is 3.55. The Hall–Kier alpha value is -2.10. The molecule has 0 aliphatic carbocycles. The number of rotatable bonds is 4. The molecule has 4 nitrogen and oxygen atoms in total. The Balaban J connectivity index is 1.97. The molecule has 2 aromatic rings. The number of benzene rings is 1. The van der Waals surface area contributed by atoms with Gasteiger partial charge in [0.15, 0.2) is 0 Å². The molecule has 1 aromatic heterocycles. The van der Waals surface area contributed by atoms with Crippen molar-refractivity contribution in [1.82, 2.24) is 10.2 Å². The van der Waals surface area contributed by atoms with Crippen molar-refractivity contribution in [3.63, 3.8) is 0 Å². The highest BCUT2D eigenvalue weighted by molar-refractivity contribution is 5.37. The summed E-state index contributed by atoms with van der Waals surface area (Å²) in [6, 6.07) is 9.90. The molecule has 0 saturated heterocycles. The minimum absolute atomic E-state index is 0.724. The molecule has 0 radical (unpaired) electrons. The van der Waals surface area contributed by atoms with E-state index in [0.717, 1.165) is 23.7 Å². The van der Waals surface area contributed by atoms with Crippen molar-refractivity contribution in [2.45, 2.75) is 13.5 Å². The Morgan fingerprint density at radius 2 is 2.00 bits per heavy atom. The Labute approximate surface area is 101 Å². The van der Waals surface area contributed by atoms with Crippen molar-refractivity contribution in [2.75, 3.05) is 12.4 Å². The van der Waals surface area contributed by atoms with Crippen LogP contribution in [0.5, 0.6) is 5.75 Å².